The van der Waals surface area contributed by atoms with Gasteiger partial charge in [0.15, 0.2) is 5.65 Å². The van der Waals surface area contributed by atoms with Crippen LogP contribution in [0.15, 0.2) is 30.5 Å². The van der Waals surface area contributed by atoms with Crippen LogP contribution in [0, 0.1) is 24.5 Å². The van der Waals surface area contributed by atoms with Crippen molar-refractivity contribution in [1.82, 2.24) is 14.6 Å². The van der Waals surface area contributed by atoms with Gasteiger partial charge in [0.1, 0.15) is 17.5 Å². The lowest BCUT2D eigenvalue weighted by atomic mass is 10.1. The molecule has 1 aliphatic heterocycles. The fourth-order valence-corrected chi connectivity index (χ4v) is 4.45. The van der Waals surface area contributed by atoms with Gasteiger partial charge in [-0.2, -0.15) is 0 Å². The summed E-state index contributed by atoms with van der Waals surface area (Å²) in [5.41, 5.74) is 3.80. The van der Waals surface area contributed by atoms with Gasteiger partial charge in [-0.05, 0) is 50.8 Å². The minimum Gasteiger partial charge on any atom is -0.367 e. The second-order valence-electron chi connectivity index (χ2n) is 8.40. The lowest BCUT2D eigenvalue weighted by Gasteiger charge is -2.42. The van der Waals surface area contributed by atoms with Crippen molar-refractivity contribution in [2.45, 2.75) is 39.2 Å². The second-order valence-corrected chi connectivity index (χ2v) is 8.40. The van der Waals surface area contributed by atoms with Gasteiger partial charge in [-0.25, -0.2) is 8.78 Å². The van der Waals surface area contributed by atoms with Crippen molar-refractivity contribution in [3.63, 3.8) is 0 Å². The van der Waals surface area contributed by atoms with Crippen LogP contribution in [-0.2, 0) is 6.42 Å². The molecule has 3 heterocycles. The lowest BCUT2D eigenvalue weighted by Crippen LogP contribution is -2.52. The van der Waals surface area contributed by atoms with Gasteiger partial charge in [-0.15, -0.1) is 10.2 Å². The molecule has 1 aliphatic carbocycles. The van der Waals surface area contributed by atoms with Gasteiger partial charge in [-0.3, -0.25) is 4.40 Å². The molecule has 0 spiro atoms. The Labute approximate surface area is 169 Å². The van der Waals surface area contributed by atoms with Crippen molar-refractivity contribution in [1.29, 1.82) is 0 Å². The van der Waals surface area contributed by atoms with E-state index in [-0.39, 0.29) is 6.04 Å². The highest BCUT2D eigenvalue weighted by Crippen LogP contribution is 2.33. The highest BCUT2D eigenvalue weighted by molar-refractivity contribution is 5.65. The molecule has 0 bridgehead atoms. The molecule has 1 saturated heterocycles. The number of benzene rings is 1. The highest BCUT2D eigenvalue weighted by Gasteiger charge is 2.27. The average molecular weight is 397 g/mol. The first kappa shape index (κ1) is 18.3. The Bertz CT molecular complexity index is 1040. The zero-order valence-electron chi connectivity index (χ0n) is 16.8. The van der Waals surface area contributed by atoms with E-state index in [0.29, 0.717) is 12.2 Å². The first-order valence-corrected chi connectivity index (χ1v) is 10.3. The monoisotopic (exact) mass is 397 g/mol. The number of hydrogen-bond donors (Lipinski definition) is 0. The van der Waals surface area contributed by atoms with E-state index in [4.69, 9.17) is 0 Å². The van der Waals surface area contributed by atoms with Crippen LogP contribution in [0.1, 0.15) is 31.2 Å². The molecule has 0 unspecified atom stereocenters. The molecule has 0 N–H and O–H groups in total. The van der Waals surface area contributed by atoms with E-state index in [9.17, 15) is 8.78 Å². The molecule has 0 amide bonds. The number of aryl methyl sites for hydroxylation is 1. The third-order valence-corrected chi connectivity index (χ3v) is 6.18. The molecule has 2 fully saturated rings. The summed E-state index contributed by atoms with van der Waals surface area (Å²) in [4.78, 5) is 4.41. The highest BCUT2D eigenvalue weighted by atomic mass is 19.1. The summed E-state index contributed by atoms with van der Waals surface area (Å²) in [5.74, 6) is 0.738. The number of aromatic nitrogens is 3. The molecule has 1 atom stereocenters. The van der Waals surface area contributed by atoms with Crippen LogP contribution in [0.2, 0.25) is 0 Å². The maximum absolute atomic E-state index is 13.6. The largest absolute Gasteiger partial charge is 0.367 e. The summed E-state index contributed by atoms with van der Waals surface area (Å²) in [6, 6.07) is 6.00. The van der Waals surface area contributed by atoms with Gasteiger partial charge in [0, 0.05) is 61.3 Å². The Morgan fingerprint density at radius 2 is 1.83 bits per heavy atom. The molecule has 3 aromatic rings. The molecular weight excluding hydrogens is 372 g/mol. The van der Waals surface area contributed by atoms with Crippen molar-refractivity contribution in [2.24, 2.45) is 5.92 Å². The molecule has 152 valence electrons. The predicted octanol–water partition coefficient (Wildman–Crippen LogP) is 3.98. The van der Waals surface area contributed by atoms with Crippen molar-refractivity contribution in [3.05, 3.63) is 53.5 Å². The molecule has 1 saturated carbocycles. The first-order chi connectivity index (χ1) is 14.0. The molecule has 0 radical (unpaired) electrons. The van der Waals surface area contributed by atoms with Crippen LogP contribution in [-0.4, -0.2) is 40.3 Å². The fraction of sp³-hybridized carbons (Fsp3) is 0.455. The number of pyridine rings is 1. The molecule has 1 aromatic carbocycles. The van der Waals surface area contributed by atoms with E-state index in [1.807, 2.05) is 0 Å². The van der Waals surface area contributed by atoms with E-state index in [0.717, 1.165) is 54.2 Å². The summed E-state index contributed by atoms with van der Waals surface area (Å²) in [6.07, 6.45) is 5.67. The van der Waals surface area contributed by atoms with Gasteiger partial charge in [0.05, 0.1) is 0 Å². The molecule has 2 aliphatic rings. The van der Waals surface area contributed by atoms with Crippen LogP contribution in [0.3, 0.4) is 0 Å². The van der Waals surface area contributed by atoms with Crippen LogP contribution in [0.25, 0.3) is 5.65 Å². The van der Waals surface area contributed by atoms with Crippen LogP contribution < -0.4 is 9.80 Å². The summed E-state index contributed by atoms with van der Waals surface area (Å²) in [7, 11) is 0. The number of nitrogens with zero attached hydrogens (tertiary/aromatic N) is 5. The Balaban J connectivity index is 1.38. The molecule has 7 heteroatoms. The maximum atomic E-state index is 13.6. The third kappa shape index (κ3) is 3.43. The average Bonchev–Trinajstić information content (AvgIpc) is 3.40. The van der Waals surface area contributed by atoms with E-state index in [1.54, 1.807) is 0 Å². The zero-order valence-corrected chi connectivity index (χ0v) is 16.8. The van der Waals surface area contributed by atoms with Crippen LogP contribution in [0.5, 0.6) is 0 Å². The first-order valence-electron chi connectivity index (χ1n) is 10.3. The van der Waals surface area contributed by atoms with Crippen molar-refractivity contribution < 1.29 is 8.78 Å². The molecular formula is C22H25F2N5. The fourth-order valence-electron chi connectivity index (χ4n) is 4.45. The second kappa shape index (κ2) is 6.97. The van der Waals surface area contributed by atoms with E-state index in [1.165, 1.54) is 25.0 Å². The zero-order chi connectivity index (χ0) is 20.1. The number of hydrogen-bond acceptors (Lipinski definition) is 4. The minimum absolute atomic E-state index is 0.129. The van der Waals surface area contributed by atoms with Gasteiger partial charge in [-0.1, -0.05) is 0 Å². The van der Waals surface area contributed by atoms with E-state index >= 15 is 0 Å². The quantitative estimate of drug-likeness (QED) is 0.667. The Hall–Kier alpha value is -2.70. The Morgan fingerprint density at radius 3 is 2.52 bits per heavy atom. The number of fused-ring (bicyclic) bond motifs is 1. The Kier molecular flexibility index (Phi) is 4.41. The van der Waals surface area contributed by atoms with Gasteiger partial charge < -0.3 is 9.80 Å². The number of anilines is 2. The third-order valence-electron chi connectivity index (χ3n) is 6.18. The normalized spacial score (nSPS) is 19.9. The van der Waals surface area contributed by atoms with Crippen molar-refractivity contribution in [3.8, 4) is 0 Å². The summed E-state index contributed by atoms with van der Waals surface area (Å²) < 4.78 is 29.4. The summed E-state index contributed by atoms with van der Waals surface area (Å²) in [6.45, 7) is 6.45. The summed E-state index contributed by atoms with van der Waals surface area (Å²) >= 11 is 0. The van der Waals surface area contributed by atoms with Gasteiger partial charge in [0.2, 0.25) is 0 Å². The van der Waals surface area contributed by atoms with Crippen molar-refractivity contribution in [2.75, 3.05) is 29.4 Å². The maximum Gasteiger partial charge on any atom is 0.165 e. The Morgan fingerprint density at radius 1 is 1.07 bits per heavy atom. The summed E-state index contributed by atoms with van der Waals surface area (Å²) in [5, 5.41) is 8.87. The number of halogens is 2. The molecule has 5 nitrogen and oxygen atoms in total. The van der Waals surface area contributed by atoms with E-state index in [2.05, 4.69) is 50.5 Å². The van der Waals surface area contributed by atoms with Gasteiger partial charge >= 0.3 is 0 Å². The van der Waals surface area contributed by atoms with Crippen molar-refractivity contribution >= 4 is 17.0 Å². The van der Waals surface area contributed by atoms with Crippen LogP contribution >= 0.6 is 0 Å². The van der Waals surface area contributed by atoms with Gasteiger partial charge in [0.25, 0.3) is 0 Å². The number of rotatable bonds is 4. The smallest absolute Gasteiger partial charge is 0.165 e. The lowest BCUT2D eigenvalue weighted by molar-refractivity contribution is 0.541. The van der Waals surface area contributed by atoms with E-state index < -0.39 is 11.6 Å². The van der Waals surface area contributed by atoms with Crippen LogP contribution in [0.4, 0.5) is 20.2 Å². The molecule has 2 aromatic heterocycles. The molecule has 5 rings (SSSR count). The minimum atomic E-state index is -0.537. The SMILES string of the molecule is Cc1c(N2CCN(c3cc(F)cc(F)c3)[C@H](C)C2)ccn2c(CC3CC3)nnc12. The predicted molar refractivity (Wildman–Crippen MR) is 110 cm³/mol. The molecule has 29 heavy (non-hydrogen) atoms. The topological polar surface area (TPSA) is 36.7 Å². The standard InChI is InChI=1S/C22H25F2N5/c1-14-13-27(7-8-28(14)19-11-17(23)10-18(24)12-19)20-5-6-29-21(9-16-3-4-16)25-26-22(29)15(20)2/h5-6,10-12,14,16H,3-4,7-9,13H2,1-2H3/t14-/m1/s1. The number of piperazine rings is 1.